The number of carboxylic acids is 1. The largest absolute Gasteiger partial charge is 0.478 e. The molecule has 0 saturated heterocycles. The quantitative estimate of drug-likeness (QED) is 0.779. The van der Waals surface area contributed by atoms with Crippen LogP contribution in [0.15, 0.2) is 30.7 Å². The fraction of sp³-hybridized carbons (Fsp3) is 0.312. The van der Waals surface area contributed by atoms with E-state index in [1.807, 2.05) is 22.9 Å². The van der Waals surface area contributed by atoms with Crippen LogP contribution in [0, 0.1) is 0 Å². The Kier molecular flexibility index (Phi) is 3.33. The molecule has 0 radical (unpaired) electrons. The number of imidazole rings is 1. The van der Waals surface area contributed by atoms with Gasteiger partial charge >= 0.3 is 5.97 Å². The molecular formula is C16H14F2N4O2. The number of carboxylic acid groups (broad SMARTS) is 1. The van der Waals surface area contributed by atoms with Crippen LogP contribution in [0.3, 0.4) is 0 Å². The molecule has 0 aromatic carbocycles. The van der Waals surface area contributed by atoms with Crippen LogP contribution in [0.5, 0.6) is 0 Å². The van der Waals surface area contributed by atoms with Crippen molar-refractivity contribution in [2.75, 3.05) is 0 Å². The molecule has 0 spiro atoms. The molecule has 0 amide bonds. The number of pyridine rings is 1. The number of fused-ring (bicyclic) bond motifs is 1. The highest BCUT2D eigenvalue weighted by molar-refractivity contribution is 5.88. The normalized spacial score (nSPS) is 14.6. The summed E-state index contributed by atoms with van der Waals surface area (Å²) in [5, 5.41) is 12.7. The zero-order valence-electron chi connectivity index (χ0n) is 12.6. The highest BCUT2D eigenvalue weighted by Crippen LogP contribution is 2.39. The molecule has 3 aromatic rings. The van der Waals surface area contributed by atoms with Gasteiger partial charge in [0.05, 0.1) is 12.2 Å². The summed E-state index contributed by atoms with van der Waals surface area (Å²) in [6.45, 7) is 0.132. The maximum atomic E-state index is 12.9. The molecule has 3 aromatic heterocycles. The molecule has 8 heteroatoms. The van der Waals surface area contributed by atoms with E-state index in [1.54, 1.807) is 0 Å². The van der Waals surface area contributed by atoms with Crippen LogP contribution in [0.25, 0.3) is 5.65 Å². The Morgan fingerprint density at radius 1 is 1.29 bits per heavy atom. The maximum absolute atomic E-state index is 12.9. The highest BCUT2D eigenvalue weighted by atomic mass is 19.3. The average molecular weight is 332 g/mol. The van der Waals surface area contributed by atoms with Crippen molar-refractivity contribution in [3.8, 4) is 0 Å². The molecule has 0 aliphatic heterocycles. The predicted octanol–water partition coefficient (Wildman–Crippen LogP) is 3.09. The van der Waals surface area contributed by atoms with Gasteiger partial charge in [-0.25, -0.2) is 18.6 Å². The Hall–Kier alpha value is -2.77. The zero-order valence-corrected chi connectivity index (χ0v) is 12.6. The van der Waals surface area contributed by atoms with Crippen LogP contribution in [-0.4, -0.2) is 30.2 Å². The van der Waals surface area contributed by atoms with E-state index in [2.05, 4.69) is 16.1 Å². The van der Waals surface area contributed by atoms with Crippen LogP contribution in [0.4, 0.5) is 8.78 Å². The number of carbonyl (C=O) groups is 1. The fourth-order valence-electron chi connectivity index (χ4n) is 2.81. The summed E-state index contributed by atoms with van der Waals surface area (Å²) >= 11 is 0. The van der Waals surface area contributed by atoms with E-state index < -0.39 is 23.7 Å². The lowest BCUT2D eigenvalue weighted by Gasteiger charge is -1.98. The first kappa shape index (κ1) is 14.8. The van der Waals surface area contributed by atoms with Crippen LogP contribution in [-0.2, 0) is 6.54 Å². The van der Waals surface area contributed by atoms with Crippen molar-refractivity contribution in [2.24, 2.45) is 0 Å². The molecule has 6 nitrogen and oxygen atoms in total. The van der Waals surface area contributed by atoms with Crippen molar-refractivity contribution in [1.29, 1.82) is 0 Å². The average Bonchev–Trinajstić information content (AvgIpc) is 3.16. The molecule has 0 bridgehead atoms. The summed E-state index contributed by atoms with van der Waals surface area (Å²) in [5.41, 5.74) is 1.45. The maximum Gasteiger partial charge on any atom is 0.339 e. The third kappa shape index (κ3) is 2.64. The third-order valence-corrected chi connectivity index (χ3v) is 4.12. The van der Waals surface area contributed by atoms with Crippen LogP contribution in [0.2, 0.25) is 0 Å². The lowest BCUT2D eigenvalue weighted by molar-refractivity contribution is 0.0684. The standard InChI is InChI=1S/C16H14F2N4O2/c17-15(18)14-12(16(23)24)8-22(20-14)7-11-6-21-5-10(9-1-2-9)3-4-13(21)19-11/h3-6,8-9,15H,1-2,7H2,(H,23,24). The minimum Gasteiger partial charge on any atom is -0.478 e. The van der Waals surface area contributed by atoms with Crippen LogP contribution >= 0.6 is 0 Å². The number of hydrogen-bond acceptors (Lipinski definition) is 3. The Bertz CT molecular complexity index is 927. The Labute approximate surface area is 135 Å². The number of aromatic carboxylic acids is 1. The van der Waals surface area contributed by atoms with E-state index in [1.165, 1.54) is 23.1 Å². The zero-order chi connectivity index (χ0) is 16.8. The van der Waals surface area contributed by atoms with Gasteiger partial charge in [-0.3, -0.25) is 4.68 Å². The lowest BCUT2D eigenvalue weighted by Crippen LogP contribution is -2.01. The summed E-state index contributed by atoms with van der Waals surface area (Å²) < 4.78 is 28.8. The van der Waals surface area contributed by atoms with E-state index >= 15 is 0 Å². The Morgan fingerprint density at radius 3 is 2.71 bits per heavy atom. The molecular weight excluding hydrogens is 318 g/mol. The second-order valence-electron chi connectivity index (χ2n) is 5.97. The van der Waals surface area contributed by atoms with Crippen molar-refractivity contribution in [2.45, 2.75) is 31.7 Å². The molecule has 1 fully saturated rings. The molecule has 1 N–H and O–H groups in total. The number of halogens is 2. The van der Waals surface area contributed by atoms with Crippen molar-refractivity contribution in [3.63, 3.8) is 0 Å². The van der Waals surface area contributed by atoms with Crippen molar-refractivity contribution in [1.82, 2.24) is 19.2 Å². The molecule has 1 aliphatic carbocycles. The summed E-state index contributed by atoms with van der Waals surface area (Å²) in [7, 11) is 0. The van der Waals surface area contributed by atoms with Gasteiger partial charge in [0.1, 0.15) is 16.9 Å². The van der Waals surface area contributed by atoms with E-state index in [0.29, 0.717) is 11.6 Å². The van der Waals surface area contributed by atoms with Gasteiger partial charge in [-0.05, 0) is 30.4 Å². The van der Waals surface area contributed by atoms with Gasteiger partial charge in [-0.2, -0.15) is 5.10 Å². The third-order valence-electron chi connectivity index (χ3n) is 4.12. The van der Waals surface area contributed by atoms with Crippen LogP contribution in [0.1, 0.15) is 52.5 Å². The SMILES string of the molecule is O=C(O)c1cn(Cc2cn3cc(C4CC4)ccc3n2)nc1C(F)F. The van der Waals surface area contributed by atoms with Gasteiger partial charge in [0.15, 0.2) is 0 Å². The van der Waals surface area contributed by atoms with Gasteiger partial charge in [-0.15, -0.1) is 0 Å². The first-order valence-electron chi connectivity index (χ1n) is 7.57. The highest BCUT2D eigenvalue weighted by Gasteiger charge is 2.24. The molecule has 24 heavy (non-hydrogen) atoms. The number of rotatable bonds is 5. The molecule has 124 valence electrons. The molecule has 3 heterocycles. The van der Waals surface area contributed by atoms with Gasteiger partial charge < -0.3 is 9.51 Å². The van der Waals surface area contributed by atoms with E-state index in [9.17, 15) is 13.6 Å². The van der Waals surface area contributed by atoms with Gasteiger partial charge in [0, 0.05) is 18.6 Å². The number of hydrogen-bond donors (Lipinski definition) is 1. The second-order valence-corrected chi connectivity index (χ2v) is 5.97. The van der Waals surface area contributed by atoms with Gasteiger partial charge in [0.25, 0.3) is 6.43 Å². The van der Waals surface area contributed by atoms with E-state index in [-0.39, 0.29) is 6.54 Å². The Balaban J connectivity index is 1.64. The summed E-state index contributed by atoms with van der Waals surface area (Å²) in [6, 6.07) is 3.97. The minimum atomic E-state index is -2.93. The van der Waals surface area contributed by atoms with Crippen molar-refractivity contribution >= 4 is 11.6 Å². The monoisotopic (exact) mass is 332 g/mol. The summed E-state index contributed by atoms with van der Waals surface area (Å²) in [6.07, 6.45) is 4.43. The van der Waals surface area contributed by atoms with E-state index in [0.717, 1.165) is 11.8 Å². The number of alkyl halides is 2. The first-order chi connectivity index (χ1) is 11.5. The second kappa shape index (κ2) is 5.40. The fourth-order valence-corrected chi connectivity index (χ4v) is 2.81. The number of aromatic nitrogens is 4. The van der Waals surface area contributed by atoms with Crippen molar-refractivity contribution < 1.29 is 18.7 Å². The minimum absolute atomic E-state index is 0.132. The van der Waals surface area contributed by atoms with Gasteiger partial charge in [-0.1, -0.05) is 6.07 Å². The topological polar surface area (TPSA) is 72.4 Å². The van der Waals surface area contributed by atoms with E-state index in [4.69, 9.17) is 5.11 Å². The smallest absolute Gasteiger partial charge is 0.339 e. The lowest BCUT2D eigenvalue weighted by atomic mass is 10.2. The van der Waals surface area contributed by atoms with Crippen molar-refractivity contribution in [3.05, 3.63) is 53.2 Å². The first-order valence-corrected chi connectivity index (χ1v) is 7.57. The summed E-state index contributed by atoms with van der Waals surface area (Å²) in [5.74, 6) is -0.793. The molecule has 1 aliphatic rings. The predicted molar refractivity (Wildman–Crippen MR) is 80.4 cm³/mol. The summed E-state index contributed by atoms with van der Waals surface area (Å²) in [4.78, 5) is 15.5. The van der Waals surface area contributed by atoms with Crippen LogP contribution < -0.4 is 0 Å². The molecule has 1 saturated carbocycles. The Morgan fingerprint density at radius 2 is 2.08 bits per heavy atom. The van der Waals surface area contributed by atoms with Gasteiger partial charge in [0.2, 0.25) is 0 Å². The molecule has 0 atom stereocenters. The molecule has 4 rings (SSSR count). The number of nitrogens with zero attached hydrogens (tertiary/aromatic N) is 4. The molecule has 0 unspecified atom stereocenters.